The molecule has 0 unspecified atom stereocenters. The molecule has 1 aromatic heterocycles. The predicted octanol–water partition coefficient (Wildman–Crippen LogP) is 2.16. The molecule has 0 fully saturated rings. The molecule has 3 rings (SSSR count). The van der Waals surface area contributed by atoms with Crippen LogP contribution in [0.1, 0.15) is 36.6 Å². The van der Waals surface area contributed by atoms with Crippen molar-refractivity contribution in [3.05, 3.63) is 77.0 Å². The Kier molecular flexibility index (Phi) is 5.53. The zero-order valence-corrected chi connectivity index (χ0v) is 16.6. The smallest absolute Gasteiger partial charge is 0.282 e. The second-order valence-corrected chi connectivity index (χ2v) is 8.49. The molecule has 28 heavy (non-hydrogen) atoms. The van der Waals surface area contributed by atoms with Crippen LogP contribution >= 0.6 is 0 Å². The molecule has 0 aliphatic carbocycles. The van der Waals surface area contributed by atoms with E-state index in [1.165, 1.54) is 18.3 Å². The van der Waals surface area contributed by atoms with Crippen molar-refractivity contribution in [3.8, 4) is 0 Å². The van der Waals surface area contributed by atoms with Gasteiger partial charge in [0.1, 0.15) is 0 Å². The summed E-state index contributed by atoms with van der Waals surface area (Å²) in [4.78, 5) is 14.7. The van der Waals surface area contributed by atoms with E-state index < -0.39 is 22.0 Å². The zero-order valence-electron chi connectivity index (χ0n) is 15.8. The van der Waals surface area contributed by atoms with Gasteiger partial charge in [-0.15, -0.1) is 0 Å². The minimum Gasteiger partial charge on any atom is -0.392 e. The first-order valence-electron chi connectivity index (χ1n) is 8.93. The van der Waals surface area contributed by atoms with Crippen LogP contribution in [0.25, 0.3) is 0 Å². The van der Waals surface area contributed by atoms with E-state index in [0.29, 0.717) is 11.3 Å². The Morgan fingerprint density at radius 1 is 1.29 bits per heavy atom. The molecule has 0 bridgehead atoms. The molecule has 1 aromatic carbocycles. The van der Waals surface area contributed by atoms with Crippen molar-refractivity contribution in [2.75, 3.05) is 0 Å². The van der Waals surface area contributed by atoms with Gasteiger partial charge in [-0.3, -0.25) is 4.79 Å². The molecule has 0 radical (unpaired) electrons. The van der Waals surface area contributed by atoms with Gasteiger partial charge in [0.25, 0.3) is 10.0 Å². The summed E-state index contributed by atoms with van der Waals surface area (Å²) in [5.74, 6) is -0.898. The Morgan fingerprint density at radius 2 is 1.96 bits per heavy atom. The number of carbonyl (C=O) groups excluding carboxylic acids is 1. The fourth-order valence-corrected chi connectivity index (χ4v) is 4.57. The lowest BCUT2D eigenvalue weighted by atomic mass is 9.93. The number of allylic oxidation sites excluding steroid dienone is 2. The van der Waals surface area contributed by atoms with E-state index in [9.17, 15) is 18.3 Å². The molecule has 0 saturated carbocycles. The molecule has 1 N–H and O–H groups in total. The number of amides is 1. The number of carbonyl (C=O) groups is 1. The maximum atomic E-state index is 13.0. The SMILES string of the molecule is C=C/C(=C\C)S(=O)(=O)n1cc2c(n1)CN(C(=O)[C@@H](c1ccccc1)[C@@H](C)O)C2. The average molecular weight is 401 g/mol. The van der Waals surface area contributed by atoms with Crippen molar-refractivity contribution >= 4 is 15.9 Å². The van der Waals surface area contributed by atoms with Crippen LogP contribution in [-0.2, 0) is 27.9 Å². The van der Waals surface area contributed by atoms with Gasteiger partial charge in [0.2, 0.25) is 5.91 Å². The standard InChI is InChI=1S/C20H23N3O4S/c1-4-17(5-2)28(26,27)23-12-16-11-22(13-18(16)21-23)20(25)19(14(3)24)15-9-7-6-8-10-15/h4-10,12,14,19,24H,1,11,13H2,2-3H3/b17-5+/t14-,19-/m1/s1. The number of hydrogen-bond acceptors (Lipinski definition) is 5. The van der Waals surface area contributed by atoms with Crippen LogP contribution in [0.5, 0.6) is 0 Å². The largest absolute Gasteiger partial charge is 0.392 e. The van der Waals surface area contributed by atoms with Gasteiger partial charge < -0.3 is 10.0 Å². The maximum absolute atomic E-state index is 13.0. The fourth-order valence-electron chi connectivity index (χ4n) is 3.37. The third-order valence-corrected chi connectivity index (χ3v) is 6.48. The first kappa shape index (κ1) is 20.0. The molecule has 1 aliphatic heterocycles. The average Bonchev–Trinajstić information content (AvgIpc) is 3.23. The second-order valence-electron chi connectivity index (χ2n) is 6.70. The number of hydrogen-bond donors (Lipinski definition) is 1. The van der Waals surface area contributed by atoms with Gasteiger partial charge in [0.05, 0.1) is 29.2 Å². The van der Waals surface area contributed by atoms with Crippen LogP contribution < -0.4 is 0 Å². The molecule has 1 aliphatic rings. The second kappa shape index (κ2) is 7.73. The normalized spacial score (nSPS) is 16.5. The van der Waals surface area contributed by atoms with Gasteiger partial charge >= 0.3 is 0 Å². The molecule has 2 aromatic rings. The number of aliphatic hydroxyl groups is 1. The highest BCUT2D eigenvalue weighted by Crippen LogP contribution is 2.29. The van der Waals surface area contributed by atoms with Crippen molar-refractivity contribution in [3.63, 3.8) is 0 Å². The molecular formula is C20H23N3O4S. The Morgan fingerprint density at radius 3 is 2.50 bits per heavy atom. The first-order chi connectivity index (χ1) is 13.3. The van der Waals surface area contributed by atoms with Gasteiger partial charge in [0, 0.05) is 18.3 Å². The van der Waals surface area contributed by atoms with Crippen molar-refractivity contribution in [2.24, 2.45) is 0 Å². The zero-order chi connectivity index (χ0) is 20.5. The molecule has 0 spiro atoms. The van der Waals surface area contributed by atoms with E-state index >= 15 is 0 Å². The highest BCUT2D eigenvalue weighted by molar-refractivity contribution is 7.93. The number of fused-ring (bicyclic) bond motifs is 1. The molecule has 148 valence electrons. The molecule has 1 amide bonds. The Balaban J connectivity index is 1.83. The number of aromatic nitrogens is 2. The first-order valence-corrected chi connectivity index (χ1v) is 10.4. The van der Waals surface area contributed by atoms with Crippen molar-refractivity contribution in [1.82, 2.24) is 14.1 Å². The van der Waals surface area contributed by atoms with E-state index in [2.05, 4.69) is 11.7 Å². The molecule has 8 heteroatoms. The van der Waals surface area contributed by atoms with Crippen LogP contribution in [0.2, 0.25) is 0 Å². The van der Waals surface area contributed by atoms with E-state index in [4.69, 9.17) is 0 Å². The Bertz CT molecular complexity index is 999. The lowest BCUT2D eigenvalue weighted by Crippen LogP contribution is -2.36. The minimum absolute atomic E-state index is 0.0693. The summed E-state index contributed by atoms with van der Waals surface area (Å²) >= 11 is 0. The summed E-state index contributed by atoms with van der Waals surface area (Å²) < 4.78 is 26.0. The number of benzene rings is 1. The molecule has 2 atom stereocenters. The van der Waals surface area contributed by atoms with E-state index in [0.717, 1.165) is 9.65 Å². The van der Waals surface area contributed by atoms with Crippen LogP contribution in [-0.4, -0.2) is 39.6 Å². The molecule has 0 saturated heterocycles. The summed E-state index contributed by atoms with van der Waals surface area (Å²) in [5.41, 5.74) is 1.95. The van der Waals surface area contributed by atoms with Crippen LogP contribution in [0.15, 0.2) is 60.2 Å². The molecule has 7 nitrogen and oxygen atoms in total. The summed E-state index contributed by atoms with van der Waals surface area (Å²) in [6.07, 6.45) is 3.31. The van der Waals surface area contributed by atoms with Gasteiger partial charge in [-0.2, -0.15) is 17.6 Å². The van der Waals surface area contributed by atoms with E-state index in [1.807, 2.05) is 30.3 Å². The van der Waals surface area contributed by atoms with Crippen molar-refractivity contribution < 1.29 is 18.3 Å². The van der Waals surface area contributed by atoms with Gasteiger partial charge in [-0.25, -0.2) is 0 Å². The summed E-state index contributed by atoms with van der Waals surface area (Å²) in [7, 11) is -3.78. The summed E-state index contributed by atoms with van der Waals surface area (Å²) in [5, 5.41) is 14.3. The fraction of sp³-hybridized carbons (Fsp3) is 0.300. The van der Waals surface area contributed by atoms with Crippen LogP contribution in [0.4, 0.5) is 0 Å². The summed E-state index contributed by atoms with van der Waals surface area (Å²) in [6, 6.07) is 9.12. The third-order valence-electron chi connectivity index (χ3n) is 4.81. The maximum Gasteiger partial charge on any atom is 0.282 e. The van der Waals surface area contributed by atoms with Crippen molar-refractivity contribution in [1.29, 1.82) is 0 Å². The lowest BCUT2D eigenvalue weighted by molar-refractivity contribution is -0.135. The van der Waals surface area contributed by atoms with Gasteiger partial charge in [-0.05, 0) is 25.5 Å². The monoisotopic (exact) mass is 401 g/mol. The molecule has 2 heterocycles. The number of aliphatic hydroxyl groups excluding tert-OH is 1. The number of rotatable bonds is 6. The van der Waals surface area contributed by atoms with Crippen molar-refractivity contribution in [2.45, 2.75) is 39.0 Å². The number of nitrogens with zero attached hydrogens (tertiary/aromatic N) is 3. The lowest BCUT2D eigenvalue weighted by Gasteiger charge is -2.25. The molecular weight excluding hydrogens is 378 g/mol. The van der Waals surface area contributed by atoms with Gasteiger partial charge in [-0.1, -0.05) is 43.0 Å². The quantitative estimate of drug-likeness (QED) is 0.749. The van der Waals surface area contributed by atoms with E-state index in [1.54, 1.807) is 18.7 Å². The highest BCUT2D eigenvalue weighted by Gasteiger charge is 2.35. The van der Waals surface area contributed by atoms with E-state index in [-0.39, 0.29) is 23.9 Å². The highest BCUT2D eigenvalue weighted by atomic mass is 32.2. The topological polar surface area (TPSA) is 92.5 Å². The third kappa shape index (κ3) is 3.53. The summed E-state index contributed by atoms with van der Waals surface area (Å²) in [6.45, 7) is 7.18. The predicted molar refractivity (Wildman–Crippen MR) is 106 cm³/mol. The van der Waals surface area contributed by atoms with Crippen LogP contribution in [0.3, 0.4) is 0 Å². The Hall–Kier alpha value is -2.71. The Labute approximate surface area is 164 Å². The minimum atomic E-state index is -3.78. The van der Waals surface area contributed by atoms with Crippen LogP contribution in [0, 0.1) is 0 Å². The van der Waals surface area contributed by atoms with Gasteiger partial charge in [0.15, 0.2) is 0 Å².